The molecule has 0 radical (unpaired) electrons. The lowest BCUT2D eigenvalue weighted by atomic mass is 10.1. The van der Waals surface area contributed by atoms with Gasteiger partial charge in [-0.05, 0) is 49.2 Å². The van der Waals surface area contributed by atoms with E-state index in [0.717, 1.165) is 33.3 Å². The smallest absolute Gasteiger partial charge is 0.271 e. The van der Waals surface area contributed by atoms with Gasteiger partial charge in [-0.3, -0.25) is 25.4 Å². The second-order valence-electron chi connectivity index (χ2n) is 7.67. The molecule has 162 valence electrons. The number of fused-ring (bicyclic) bond motifs is 1. The fourth-order valence-corrected chi connectivity index (χ4v) is 3.72. The number of pyridine rings is 1. The summed E-state index contributed by atoms with van der Waals surface area (Å²) in [6.07, 6.45) is 5.21. The molecule has 2 aromatic heterocycles. The van der Waals surface area contributed by atoms with Crippen LogP contribution in [0, 0.1) is 13.8 Å². The van der Waals surface area contributed by atoms with Crippen LogP contribution in [0.2, 0.25) is 0 Å². The van der Waals surface area contributed by atoms with Gasteiger partial charge in [0.1, 0.15) is 12.4 Å². The first kappa shape index (κ1) is 21.1. The third-order valence-electron chi connectivity index (χ3n) is 5.26. The Hall–Kier alpha value is -4.13. The van der Waals surface area contributed by atoms with Gasteiger partial charge in [-0.15, -0.1) is 0 Å². The fourth-order valence-electron chi connectivity index (χ4n) is 3.72. The number of benzene rings is 2. The van der Waals surface area contributed by atoms with E-state index in [4.69, 9.17) is 4.74 Å². The number of nitrogens with zero attached hydrogens (tertiary/aromatic N) is 2. The number of hydrazine groups is 1. The standard InChI is InChI=1S/C25H24N4O3/c1-16-11-19(12-17(2)23(16)32-15-18-7-6-10-26-13-18)24(30)27-28-25(31)21-14-29(3)22-9-5-4-8-20(21)22/h4-14H,15H2,1-3H3,(H,27,30)(H,28,31). The number of aryl methyl sites for hydroxylation is 3. The molecule has 0 aliphatic heterocycles. The molecule has 0 bridgehead atoms. The molecule has 2 amide bonds. The van der Waals surface area contributed by atoms with Crippen LogP contribution in [-0.4, -0.2) is 21.4 Å². The summed E-state index contributed by atoms with van der Waals surface area (Å²) in [5, 5.41) is 0.823. The maximum Gasteiger partial charge on any atom is 0.271 e. The van der Waals surface area contributed by atoms with Crippen molar-refractivity contribution in [1.29, 1.82) is 0 Å². The number of carbonyl (C=O) groups is 2. The highest BCUT2D eigenvalue weighted by molar-refractivity contribution is 6.08. The Bertz CT molecular complexity index is 1270. The molecule has 0 unspecified atom stereocenters. The van der Waals surface area contributed by atoms with Gasteiger partial charge in [0.25, 0.3) is 11.8 Å². The number of amides is 2. The molecule has 0 saturated heterocycles. The average molecular weight is 428 g/mol. The summed E-state index contributed by atoms with van der Waals surface area (Å²) in [7, 11) is 1.88. The minimum absolute atomic E-state index is 0.375. The Kier molecular flexibility index (Phi) is 5.89. The molecule has 32 heavy (non-hydrogen) atoms. The number of ether oxygens (including phenoxy) is 1. The van der Waals surface area contributed by atoms with Crippen LogP contribution < -0.4 is 15.6 Å². The molecule has 4 rings (SSSR count). The number of carbonyl (C=O) groups excluding carboxylic acids is 2. The molecule has 2 heterocycles. The van der Waals surface area contributed by atoms with E-state index in [-0.39, 0.29) is 5.91 Å². The maximum absolute atomic E-state index is 12.7. The first-order valence-electron chi connectivity index (χ1n) is 10.2. The quantitative estimate of drug-likeness (QED) is 0.473. The lowest BCUT2D eigenvalue weighted by molar-refractivity contribution is 0.0847. The molecule has 7 heteroatoms. The number of nitrogens with one attached hydrogen (secondary N) is 2. The van der Waals surface area contributed by atoms with Crippen molar-refractivity contribution in [1.82, 2.24) is 20.4 Å². The lowest BCUT2D eigenvalue weighted by Crippen LogP contribution is -2.41. The van der Waals surface area contributed by atoms with E-state index >= 15 is 0 Å². The van der Waals surface area contributed by atoms with E-state index in [9.17, 15) is 9.59 Å². The van der Waals surface area contributed by atoms with Gasteiger partial charge in [-0.1, -0.05) is 24.3 Å². The van der Waals surface area contributed by atoms with Gasteiger partial charge in [0.15, 0.2) is 0 Å². The third-order valence-corrected chi connectivity index (χ3v) is 5.26. The summed E-state index contributed by atoms with van der Waals surface area (Å²) < 4.78 is 7.82. The van der Waals surface area contributed by atoms with Crippen LogP contribution in [0.3, 0.4) is 0 Å². The van der Waals surface area contributed by atoms with Crippen molar-refractivity contribution < 1.29 is 14.3 Å². The zero-order valence-electron chi connectivity index (χ0n) is 18.2. The van der Waals surface area contributed by atoms with Crippen molar-refractivity contribution in [3.05, 3.63) is 94.9 Å². The second kappa shape index (κ2) is 8.93. The first-order chi connectivity index (χ1) is 15.4. The summed E-state index contributed by atoms with van der Waals surface area (Å²) in [5.41, 5.74) is 9.52. The van der Waals surface area contributed by atoms with Crippen LogP contribution in [0.1, 0.15) is 37.4 Å². The maximum atomic E-state index is 12.7. The van der Waals surface area contributed by atoms with Crippen molar-refractivity contribution in [3.8, 4) is 5.75 Å². The minimum atomic E-state index is -0.399. The number of rotatable bonds is 5. The van der Waals surface area contributed by atoms with Crippen LogP contribution in [0.5, 0.6) is 5.75 Å². The summed E-state index contributed by atoms with van der Waals surface area (Å²) in [4.78, 5) is 29.4. The Morgan fingerprint density at radius 1 is 1.00 bits per heavy atom. The second-order valence-corrected chi connectivity index (χ2v) is 7.67. The Morgan fingerprint density at radius 3 is 2.44 bits per heavy atom. The van der Waals surface area contributed by atoms with Crippen LogP contribution in [0.4, 0.5) is 0 Å². The zero-order chi connectivity index (χ0) is 22.7. The van der Waals surface area contributed by atoms with Crippen LogP contribution in [0.25, 0.3) is 10.9 Å². The predicted molar refractivity (Wildman–Crippen MR) is 122 cm³/mol. The molecule has 0 saturated carbocycles. The molecule has 2 N–H and O–H groups in total. The first-order valence-corrected chi connectivity index (χ1v) is 10.2. The zero-order valence-corrected chi connectivity index (χ0v) is 18.2. The van der Waals surface area contributed by atoms with Gasteiger partial charge in [-0.2, -0.15) is 0 Å². The summed E-state index contributed by atoms with van der Waals surface area (Å²) in [5.74, 6) is -0.0474. The van der Waals surface area contributed by atoms with E-state index < -0.39 is 5.91 Å². The average Bonchev–Trinajstić information content (AvgIpc) is 3.14. The van der Waals surface area contributed by atoms with Crippen molar-refractivity contribution in [2.45, 2.75) is 20.5 Å². The number of aromatic nitrogens is 2. The van der Waals surface area contributed by atoms with Crippen molar-refractivity contribution in [2.24, 2.45) is 7.05 Å². The SMILES string of the molecule is Cc1cc(C(=O)NNC(=O)c2cn(C)c3ccccc23)cc(C)c1OCc1cccnc1. The van der Waals surface area contributed by atoms with E-state index in [0.29, 0.717) is 17.7 Å². The minimum Gasteiger partial charge on any atom is -0.488 e. The highest BCUT2D eigenvalue weighted by Gasteiger charge is 2.16. The molecular formula is C25H24N4O3. The summed E-state index contributed by atoms with van der Waals surface area (Å²) in [6.45, 7) is 4.16. The van der Waals surface area contributed by atoms with E-state index in [1.807, 2.05) is 61.9 Å². The summed E-state index contributed by atoms with van der Waals surface area (Å²) in [6, 6.07) is 14.9. The predicted octanol–water partition coefficient (Wildman–Crippen LogP) is 3.84. The van der Waals surface area contributed by atoms with Gasteiger partial charge < -0.3 is 9.30 Å². The number of hydrogen-bond donors (Lipinski definition) is 2. The summed E-state index contributed by atoms with van der Waals surface area (Å²) >= 11 is 0. The van der Waals surface area contributed by atoms with E-state index in [1.165, 1.54) is 0 Å². The van der Waals surface area contributed by atoms with Crippen molar-refractivity contribution in [2.75, 3.05) is 0 Å². The normalized spacial score (nSPS) is 10.7. The molecule has 4 aromatic rings. The van der Waals surface area contributed by atoms with Crippen molar-refractivity contribution >= 4 is 22.7 Å². The van der Waals surface area contributed by atoms with Gasteiger partial charge >= 0.3 is 0 Å². The molecule has 0 fully saturated rings. The van der Waals surface area contributed by atoms with Gasteiger partial charge in [-0.25, -0.2) is 0 Å². The molecule has 0 aliphatic carbocycles. The van der Waals surface area contributed by atoms with Gasteiger partial charge in [0.05, 0.1) is 5.56 Å². The largest absolute Gasteiger partial charge is 0.488 e. The Morgan fingerprint density at radius 2 is 1.72 bits per heavy atom. The van der Waals surface area contributed by atoms with Crippen molar-refractivity contribution in [3.63, 3.8) is 0 Å². The topological polar surface area (TPSA) is 85.2 Å². The molecule has 2 aromatic carbocycles. The highest BCUT2D eigenvalue weighted by Crippen LogP contribution is 2.26. The Balaban J connectivity index is 1.43. The van der Waals surface area contributed by atoms with Gasteiger partial charge in [0.2, 0.25) is 0 Å². The van der Waals surface area contributed by atoms with E-state index in [1.54, 1.807) is 30.7 Å². The monoisotopic (exact) mass is 428 g/mol. The van der Waals surface area contributed by atoms with Crippen LogP contribution in [0.15, 0.2) is 67.1 Å². The number of para-hydroxylation sites is 1. The molecule has 0 aliphatic rings. The molecule has 0 spiro atoms. The fraction of sp³-hybridized carbons (Fsp3) is 0.160. The lowest BCUT2D eigenvalue weighted by Gasteiger charge is -2.14. The highest BCUT2D eigenvalue weighted by atomic mass is 16.5. The Labute approximate surface area is 186 Å². The van der Waals surface area contributed by atoms with Crippen LogP contribution >= 0.6 is 0 Å². The molecule has 7 nitrogen and oxygen atoms in total. The van der Waals surface area contributed by atoms with Crippen LogP contribution in [-0.2, 0) is 13.7 Å². The third kappa shape index (κ3) is 4.32. The number of hydrogen-bond acceptors (Lipinski definition) is 4. The molecular weight excluding hydrogens is 404 g/mol. The molecule has 0 atom stereocenters. The van der Waals surface area contributed by atoms with E-state index in [2.05, 4.69) is 15.8 Å². The van der Waals surface area contributed by atoms with Gasteiger partial charge in [0, 0.05) is 47.7 Å².